The maximum Gasteiger partial charge on any atom is 0.343 e. The second kappa shape index (κ2) is 10.2. The SMILES string of the molecule is CC1=C(O)/C(=C/[C@@H](C)CCC/C(C)=C\CCc2coc(Cc3ccoc3)c2)OC1=O. The van der Waals surface area contributed by atoms with Crippen LogP contribution in [0.5, 0.6) is 0 Å². The van der Waals surface area contributed by atoms with Crippen LogP contribution in [0.2, 0.25) is 0 Å². The molecule has 0 bridgehead atoms. The number of esters is 1. The van der Waals surface area contributed by atoms with E-state index in [1.807, 2.05) is 18.4 Å². The summed E-state index contributed by atoms with van der Waals surface area (Å²) in [6.45, 7) is 5.81. The molecule has 30 heavy (non-hydrogen) atoms. The van der Waals surface area contributed by atoms with Gasteiger partial charge in [-0.05, 0) is 81.2 Å². The van der Waals surface area contributed by atoms with Crippen LogP contribution in [0.25, 0.3) is 0 Å². The first kappa shape index (κ1) is 21.8. The van der Waals surface area contributed by atoms with Gasteiger partial charge in [0.15, 0.2) is 11.5 Å². The molecular formula is C25H30O5. The zero-order valence-corrected chi connectivity index (χ0v) is 17.9. The average molecular weight is 411 g/mol. The fraction of sp³-hybridized carbons (Fsp3) is 0.400. The number of hydrogen-bond donors (Lipinski definition) is 1. The van der Waals surface area contributed by atoms with Crippen molar-refractivity contribution in [3.8, 4) is 0 Å². The summed E-state index contributed by atoms with van der Waals surface area (Å²) in [6.07, 6.45) is 15.2. The fourth-order valence-corrected chi connectivity index (χ4v) is 3.50. The van der Waals surface area contributed by atoms with Gasteiger partial charge in [-0.25, -0.2) is 4.79 Å². The molecule has 1 N–H and O–H groups in total. The fourth-order valence-electron chi connectivity index (χ4n) is 3.50. The molecule has 3 heterocycles. The molecular weight excluding hydrogens is 380 g/mol. The van der Waals surface area contributed by atoms with Crippen molar-refractivity contribution in [2.24, 2.45) is 5.92 Å². The molecule has 0 amide bonds. The van der Waals surface area contributed by atoms with Crippen molar-refractivity contribution in [3.63, 3.8) is 0 Å². The molecule has 0 saturated carbocycles. The van der Waals surface area contributed by atoms with Crippen LogP contribution in [0.3, 0.4) is 0 Å². The second-order valence-electron chi connectivity index (χ2n) is 8.08. The third-order valence-electron chi connectivity index (χ3n) is 5.36. The van der Waals surface area contributed by atoms with Crippen LogP contribution in [-0.2, 0) is 22.4 Å². The number of aliphatic hydroxyl groups is 1. The predicted octanol–water partition coefficient (Wildman–Crippen LogP) is 6.42. The Kier molecular flexibility index (Phi) is 7.39. The van der Waals surface area contributed by atoms with E-state index in [1.54, 1.807) is 19.5 Å². The highest BCUT2D eigenvalue weighted by Gasteiger charge is 2.26. The van der Waals surface area contributed by atoms with Crippen LogP contribution in [0, 0.1) is 5.92 Å². The second-order valence-corrected chi connectivity index (χ2v) is 8.08. The smallest absolute Gasteiger partial charge is 0.343 e. The molecule has 0 unspecified atom stereocenters. The van der Waals surface area contributed by atoms with Gasteiger partial charge in [0, 0.05) is 6.42 Å². The molecule has 1 aliphatic heterocycles. The Bertz CT molecular complexity index is 940. The van der Waals surface area contributed by atoms with Crippen LogP contribution in [-0.4, -0.2) is 11.1 Å². The number of furan rings is 2. The summed E-state index contributed by atoms with van der Waals surface area (Å²) >= 11 is 0. The number of hydrogen-bond acceptors (Lipinski definition) is 5. The molecule has 5 heteroatoms. The predicted molar refractivity (Wildman–Crippen MR) is 115 cm³/mol. The summed E-state index contributed by atoms with van der Waals surface area (Å²) in [5.41, 5.74) is 3.98. The first-order valence-corrected chi connectivity index (χ1v) is 10.5. The van der Waals surface area contributed by atoms with Gasteiger partial charge in [-0.1, -0.05) is 18.6 Å². The number of aryl methyl sites for hydroxylation is 1. The van der Waals surface area contributed by atoms with Crippen LogP contribution >= 0.6 is 0 Å². The quantitative estimate of drug-likeness (QED) is 0.361. The van der Waals surface area contributed by atoms with Crippen LogP contribution in [0.15, 0.2) is 74.6 Å². The highest BCUT2D eigenvalue weighted by molar-refractivity contribution is 5.93. The number of allylic oxidation sites excluding steroid dienone is 3. The molecule has 0 fully saturated rings. The van der Waals surface area contributed by atoms with E-state index in [4.69, 9.17) is 13.6 Å². The minimum atomic E-state index is -0.462. The van der Waals surface area contributed by atoms with Gasteiger partial charge in [0.05, 0.1) is 24.4 Å². The van der Waals surface area contributed by atoms with E-state index < -0.39 is 5.97 Å². The number of cyclic esters (lactones) is 1. The number of carbonyl (C=O) groups is 1. The monoisotopic (exact) mass is 410 g/mol. The lowest BCUT2D eigenvalue weighted by molar-refractivity contribution is -0.133. The molecule has 0 spiro atoms. The van der Waals surface area contributed by atoms with Gasteiger partial charge in [0.1, 0.15) is 5.76 Å². The highest BCUT2D eigenvalue weighted by atomic mass is 16.6. The Morgan fingerprint density at radius 1 is 1.27 bits per heavy atom. The van der Waals surface area contributed by atoms with Gasteiger partial charge >= 0.3 is 5.97 Å². The lowest BCUT2D eigenvalue weighted by atomic mass is 9.99. The van der Waals surface area contributed by atoms with E-state index in [9.17, 15) is 9.90 Å². The zero-order chi connectivity index (χ0) is 21.5. The first-order chi connectivity index (χ1) is 14.4. The minimum Gasteiger partial charge on any atom is -0.504 e. The summed E-state index contributed by atoms with van der Waals surface area (Å²) in [5, 5.41) is 9.89. The van der Waals surface area contributed by atoms with E-state index in [-0.39, 0.29) is 17.3 Å². The standard InChI is InChI=1S/C25H30O5/c1-17(6-4-8-18(2)12-23-24(26)19(3)25(27)30-23)7-5-9-20-13-22(29-16-20)14-21-10-11-28-15-21/h7,10-13,15-16,18,26H,4-6,8-9,14H2,1-3H3/b17-7-,23-12-/t18-/m0/s1. The molecule has 3 rings (SSSR count). The summed E-state index contributed by atoms with van der Waals surface area (Å²) in [7, 11) is 0. The van der Waals surface area contributed by atoms with Crippen molar-refractivity contribution in [1.82, 2.24) is 0 Å². The molecule has 2 aromatic heterocycles. The van der Waals surface area contributed by atoms with Crippen molar-refractivity contribution in [2.75, 3.05) is 0 Å². The van der Waals surface area contributed by atoms with Crippen LogP contribution in [0.1, 0.15) is 63.3 Å². The van der Waals surface area contributed by atoms with E-state index in [0.717, 1.165) is 49.8 Å². The van der Waals surface area contributed by atoms with Crippen molar-refractivity contribution >= 4 is 5.97 Å². The molecule has 160 valence electrons. The summed E-state index contributed by atoms with van der Waals surface area (Å²) in [6, 6.07) is 4.07. The largest absolute Gasteiger partial charge is 0.504 e. The summed E-state index contributed by atoms with van der Waals surface area (Å²) in [4.78, 5) is 11.5. The normalized spacial score (nSPS) is 17.1. The van der Waals surface area contributed by atoms with Gasteiger partial charge in [-0.3, -0.25) is 0 Å². The minimum absolute atomic E-state index is 0.0323. The molecule has 2 aromatic rings. The number of carbonyl (C=O) groups excluding carboxylic acids is 1. The Morgan fingerprint density at radius 2 is 2.10 bits per heavy atom. The van der Waals surface area contributed by atoms with E-state index >= 15 is 0 Å². The van der Waals surface area contributed by atoms with Crippen LogP contribution in [0.4, 0.5) is 0 Å². The lowest BCUT2D eigenvalue weighted by Crippen LogP contribution is -1.97. The zero-order valence-electron chi connectivity index (χ0n) is 17.9. The number of aliphatic hydroxyl groups excluding tert-OH is 1. The third kappa shape index (κ3) is 6.02. The van der Waals surface area contributed by atoms with Crippen molar-refractivity contribution in [1.29, 1.82) is 0 Å². The average Bonchev–Trinajstić information content (AvgIpc) is 3.43. The summed E-state index contributed by atoms with van der Waals surface area (Å²) < 4.78 is 15.8. The Balaban J connectivity index is 1.37. The van der Waals surface area contributed by atoms with Crippen molar-refractivity contribution in [3.05, 3.63) is 82.6 Å². The van der Waals surface area contributed by atoms with Gasteiger partial charge in [-0.15, -0.1) is 0 Å². The maximum absolute atomic E-state index is 11.5. The lowest BCUT2D eigenvalue weighted by Gasteiger charge is -2.08. The first-order valence-electron chi connectivity index (χ1n) is 10.5. The topological polar surface area (TPSA) is 72.8 Å². The van der Waals surface area contributed by atoms with Crippen LogP contribution < -0.4 is 0 Å². The molecule has 1 atom stereocenters. The summed E-state index contributed by atoms with van der Waals surface area (Å²) in [5.74, 6) is 0.989. The molecule has 5 nitrogen and oxygen atoms in total. The Hall–Kier alpha value is -2.95. The maximum atomic E-state index is 11.5. The van der Waals surface area contributed by atoms with Gasteiger partial charge in [0.2, 0.25) is 0 Å². The van der Waals surface area contributed by atoms with E-state index in [2.05, 4.69) is 26.0 Å². The van der Waals surface area contributed by atoms with E-state index in [0.29, 0.717) is 5.76 Å². The third-order valence-corrected chi connectivity index (χ3v) is 5.36. The Morgan fingerprint density at radius 3 is 2.80 bits per heavy atom. The van der Waals surface area contributed by atoms with Gasteiger partial charge in [-0.2, -0.15) is 0 Å². The van der Waals surface area contributed by atoms with Crippen molar-refractivity contribution < 1.29 is 23.5 Å². The highest BCUT2D eigenvalue weighted by Crippen LogP contribution is 2.26. The van der Waals surface area contributed by atoms with Gasteiger partial charge in [0.25, 0.3) is 0 Å². The Labute approximate surface area is 177 Å². The molecule has 0 radical (unpaired) electrons. The molecule has 1 aliphatic rings. The number of rotatable bonds is 10. The van der Waals surface area contributed by atoms with Gasteiger partial charge < -0.3 is 18.7 Å². The molecule has 0 saturated heterocycles. The van der Waals surface area contributed by atoms with E-state index in [1.165, 1.54) is 11.1 Å². The van der Waals surface area contributed by atoms with Crippen molar-refractivity contribution in [2.45, 2.75) is 59.3 Å². The molecule has 0 aromatic carbocycles. The number of ether oxygens (including phenoxy) is 1. The molecule has 0 aliphatic carbocycles.